The van der Waals surface area contributed by atoms with E-state index in [2.05, 4.69) is 57.5 Å². The molecule has 1 aromatic carbocycles. The molecule has 1 atom stereocenters. The van der Waals surface area contributed by atoms with E-state index in [4.69, 9.17) is 0 Å². The molecule has 1 heterocycles. The lowest BCUT2D eigenvalue weighted by molar-refractivity contribution is 0.528. The van der Waals surface area contributed by atoms with Crippen molar-refractivity contribution in [2.45, 2.75) is 19.4 Å². The van der Waals surface area contributed by atoms with Crippen LogP contribution in [0.25, 0.3) is 0 Å². The number of hydrogen-bond donors (Lipinski definition) is 1. The molecule has 0 saturated carbocycles. The van der Waals surface area contributed by atoms with Crippen LogP contribution in [0.15, 0.2) is 41.0 Å². The van der Waals surface area contributed by atoms with E-state index in [9.17, 15) is 0 Å². The maximum absolute atomic E-state index is 4.49. The molecule has 4 heteroatoms. The van der Waals surface area contributed by atoms with Gasteiger partial charge in [0, 0.05) is 17.7 Å². The van der Waals surface area contributed by atoms with Gasteiger partial charge < -0.3 is 5.32 Å². The molecule has 0 saturated heterocycles. The fourth-order valence-corrected chi connectivity index (χ4v) is 2.49. The lowest BCUT2D eigenvalue weighted by Crippen LogP contribution is -2.23. The Morgan fingerprint density at radius 1 is 1.39 bits per heavy atom. The summed E-state index contributed by atoms with van der Waals surface area (Å²) in [5, 5.41) is 7.98. The van der Waals surface area contributed by atoms with Gasteiger partial charge in [0.25, 0.3) is 0 Å². The van der Waals surface area contributed by atoms with Gasteiger partial charge in [0.15, 0.2) is 0 Å². The third-order valence-electron chi connectivity index (χ3n) is 2.87. The largest absolute Gasteiger partial charge is 0.309 e. The SMILES string of the molecule is CCNC(Cc1cccc(Br)c1)c1ccn(C)n1. The zero-order valence-corrected chi connectivity index (χ0v) is 12.3. The zero-order chi connectivity index (χ0) is 13.0. The van der Waals surface area contributed by atoms with Crippen LogP contribution in [0.5, 0.6) is 0 Å². The van der Waals surface area contributed by atoms with Gasteiger partial charge in [0.2, 0.25) is 0 Å². The Morgan fingerprint density at radius 3 is 2.83 bits per heavy atom. The first kappa shape index (κ1) is 13.3. The molecule has 0 aliphatic heterocycles. The molecular weight excluding hydrogens is 290 g/mol. The van der Waals surface area contributed by atoms with Crippen molar-refractivity contribution >= 4 is 15.9 Å². The first-order valence-electron chi connectivity index (χ1n) is 6.16. The van der Waals surface area contributed by atoms with Crippen LogP contribution in [-0.2, 0) is 13.5 Å². The van der Waals surface area contributed by atoms with Crippen LogP contribution in [0.3, 0.4) is 0 Å². The number of nitrogens with zero attached hydrogens (tertiary/aromatic N) is 2. The topological polar surface area (TPSA) is 29.9 Å². The molecule has 0 bridgehead atoms. The van der Waals surface area contributed by atoms with Gasteiger partial charge in [-0.2, -0.15) is 5.10 Å². The molecule has 0 amide bonds. The Labute approximate surface area is 116 Å². The monoisotopic (exact) mass is 307 g/mol. The van der Waals surface area contributed by atoms with E-state index in [1.54, 1.807) is 0 Å². The van der Waals surface area contributed by atoms with Gasteiger partial charge in [-0.05, 0) is 36.7 Å². The van der Waals surface area contributed by atoms with Crippen molar-refractivity contribution in [1.82, 2.24) is 15.1 Å². The summed E-state index contributed by atoms with van der Waals surface area (Å²) in [6.07, 6.45) is 2.94. The molecule has 96 valence electrons. The van der Waals surface area contributed by atoms with Gasteiger partial charge in [0.05, 0.1) is 11.7 Å². The number of aryl methyl sites for hydroxylation is 1. The van der Waals surface area contributed by atoms with Crippen molar-refractivity contribution < 1.29 is 0 Å². The summed E-state index contributed by atoms with van der Waals surface area (Å²) >= 11 is 3.51. The minimum absolute atomic E-state index is 0.269. The zero-order valence-electron chi connectivity index (χ0n) is 10.7. The van der Waals surface area contributed by atoms with Crippen LogP contribution in [0.1, 0.15) is 24.2 Å². The summed E-state index contributed by atoms with van der Waals surface area (Å²) in [6.45, 7) is 3.06. The second-order valence-corrected chi connectivity index (χ2v) is 5.27. The fraction of sp³-hybridized carbons (Fsp3) is 0.357. The lowest BCUT2D eigenvalue weighted by atomic mass is 10.0. The van der Waals surface area contributed by atoms with Gasteiger partial charge in [-0.1, -0.05) is 35.0 Å². The molecule has 0 fully saturated rings. The molecule has 0 radical (unpaired) electrons. The van der Waals surface area contributed by atoms with E-state index in [1.807, 2.05) is 24.0 Å². The standard InChI is InChI=1S/C14H18BrN3/c1-3-16-14(13-7-8-18(2)17-13)10-11-5-4-6-12(15)9-11/h4-9,14,16H,3,10H2,1-2H3. The maximum Gasteiger partial charge on any atom is 0.0797 e. The van der Waals surface area contributed by atoms with Crippen molar-refractivity contribution in [3.05, 3.63) is 52.3 Å². The summed E-state index contributed by atoms with van der Waals surface area (Å²) in [7, 11) is 1.95. The Bertz CT molecular complexity index is 507. The Hall–Kier alpha value is -1.13. The van der Waals surface area contributed by atoms with Crippen molar-refractivity contribution in [1.29, 1.82) is 0 Å². The third-order valence-corrected chi connectivity index (χ3v) is 3.36. The number of aromatic nitrogens is 2. The fourth-order valence-electron chi connectivity index (χ4n) is 2.05. The molecule has 2 aromatic rings. The highest BCUT2D eigenvalue weighted by Crippen LogP contribution is 2.19. The Balaban J connectivity index is 2.16. The highest BCUT2D eigenvalue weighted by Gasteiger charge is 2.13. The number of benzene rings is 1. The molecule has 0 spiro atoms. The van der Waals surface area contributed by atoms with Crippen LogP contribution in [0.4, 0.5) is 0 Å². The Morgan fingerprint density at radius 2 is 2.22 bits per heavy atom. The van der Waals surface area contributed by atoms with Crippen molar-refractivity contribution in [2.24, 2.45) is 7.05 Å². The van der Waals surface area contributed by atoms with Gasteiger partial charge in [-0.25, -0.2) is 0 Å². The quantitative estimate of drug-likeness (QED) is 0.920. The second-order valence-electron chi connectivity index (χ2n) is 4.36. The third kappa shape index (κ3) is 3.43. The van der Waals surface area contributed by atoms with E-state index in [0.29, 0.717) is 0 Å². The van der Waals surface area contributed by atoms with Gasteiger partial charge in [-0.3, -0.25) is 4.68 Å². The Kier molecular flexibility index (Phi) is 4.55. The molecule has 0 aliphatic carbocycles. The van der Waals surface area contributed by atoms with Gasteiger partial charge in [0.1, 0.15) is 0 Å². The highest BCUT2D eigenvalue weighted by molar-refractivity contribution is 9.10. The number of halogens is 1. The summed E-state index contributed by atoms with van der Waals surface area (Å²) < 4.78 is 2.97. The van der Waals surface area contributed by atoms with Crippen molar-refractivity contribution in [2.75, 3.05) is 6.54 Å². The van der Waals surface area contributed by atoms with Crippen LogP contribution in [0, 0.1) is 0 Å². The molecule has 3 nitrogen and oxygen atoms in total. The summed E-state index contributed by atoms with van der Waals surface area (Å²) in [5.41, 5.74) is 2.40. The highest BCUT2D eigenvalue weighted by atomic mass is 79.9. The van der Waals surface area contributed by atoms with Gasteiger partial charge >= 0.3 is 0 Å². The smallest absolute Gasteiger partial charge is 0.0797 e. The first-order chi connectivity index (χ1) is 8.69. The molecule has 0 aliphatic rings. The van der Waals surface area contributed by atoms with E-state index in [0.717, 1.165) is 23.1 Å². The molecular formula is C14H18BrN3. The van der Waals surface area contributed by atoms with Crippen LogP contribution in [0.2, 0.25) is 0 Å². The molecule has 1 aromatic heterocycles. The molecule has 1 N–H and O–H groups in total. The van der Waals surface area contributed by atoms with E-state index in [-0.39, 0.29) is 6.04 Å². The van der Waals surface area contributed by atoms with Crippen molar-refractivity contribution in [3.8, 4) is 0 Å². The summed E-state index contributed by atoms with van der Waals surface area (Å²) in [6, 6.07) is 10.8. The minimum atomic E-state index is 0.269. The average molecular weight is 308 g/mol. The van der Waals surface area contributed by atoms with Gasteiger partial charge in [-0.15, -0.1) is 0 Å². The van der Waals surface area contributed by atoms with Crippen molar-refractivity contribution in [3.63, 3.8) is 0 Å². The molecule has 1 unspecified atom stereocenters. The predicted octanol–water partition coefficient (Wildman–Crippen LogP) is 3.08. The maximum atomic E-state index is 4.49. The van der Waals surface area contributed by atoms with E-state index >= 15 is 0 Å². The average Bonchev–Trinajstić information content (AvgIpc) is 2.75. The summed E-state index contributed by atoms with van der Waals surface area (Å²) in [4.78, 5) is 0. The van der Waals surface area contributed by atoms with Crippen LogP contribution < -0.4 is 5.32 Å². The summed E-state index contributed by atoms with van der Waals surface area (Å²) in [5.74, 6) is 0. The predicted molar refractivity (Wildman–Crippen MR) is 77.5 cm³/mol. The second kappa shape index (κ2) is 6.16. The number of likely N-dealkylation sites (N-methyl/N-ethyl adjacent to an activating group) is 1. The van der Waals surface area contributed by atoms with E-state index in [1.165, 1.54) is 5.56 Å². The minimum Gasteiger partial charge on any atom is -0.309 e. The van der Waals surface area contributed by atoms with E-state index < -0.39 is 0 Å². The van der Waals surface area contributed by atoms with Crippen LogP contribution in [-0.4, -0.2) is 16.3 Å². The normalized spacial score (nSPS) is 12.6. The first-order valence-corrected chi connectivity index (χ1v) is 6.95. The number of hydrogen-bond acceptors (Lipinski definition) is 2. The number of nitrogens with one attached hydrogen (secondary N) is 1. The number of rotatable bonds is 5. The van der Waals surface area contributed by atoms with Crippen LogP contribution >= 0.6 is 15.9 Å². The molecule has 18 heavy (non-hydrogen) atoms. The lowest BCUT2D eigenvalue weighted by Gasteiger charge is -2.16. The molecule has 2 rings (SSSR count).